The molecule has 0 saturated carbocycles. The number of carbonyl (C=O) groups excluding carboxylic acids is 2. The van der Waals surface area contributed by atoms with E-state index in [2.05, 4.69) is 17.2 Å². The zero-order chi connectivity index (χ0) is 18.5. The first kappa shape index (κ1) is 18.1. The quantitative estimate of drug-likeness (QED) is 0.920. The Bertz CT molecular complexity index is 803. The maximum atomic E-state index is 12.7. The van der Waals surface area contributed by atoms with Crippen molar-refractivity contribution in [2.75, 3.05) is 13.1 Å². The van der Waals surface area contributed by atoms with Gasteiger partial charge in [0.1, 0.15) is 5.69 Å². The van der Waals surface area contributed by atoms with Crippen LogP contribution >= 0.6 is 0 Å². The molecule has 2 amide bonds. The van der Waals surface area contributed by atoms with E-state index in [0.29, 0.717) is 18.0 Å². The maximum absolute atomic E-state index is 12.7. The molecule has 1 aliphatic heterocycles. The molecule has 1 aromatic carbocycles. The van der Waals surface area contributed by atoms with Crippen LogP contribution in [0.3, 0.4) is 0 Å². The molecule has 0 radical (unpaired) electrons. The summed E-state index contributed by atoms with van der Waals surface area (Å²) in [6.45, 7) is 6.17. The molecule has 1 aromatic heterocycles. The second-order valence-corrected chi connectivity index (χ2v) is 7.10. The Morgan fingerprint density at radius 1 is 1.27 bits per heavy atom. The van der Waals surface area contributed by atoms with Crippen LogP contribution in [0.4, 0.5) is 0 Å². The summed E-state index contributed by atoms with van der Waals surface area (Å²) in [6, 6.07) is 11.3. The average Bonchev–Trinajstić information content (AvgIpc) is 2.65. The van der Waals surface area contributed by atoms with Crippen molar-refractivity contribution in [3.05, 3.63) is 65.0 Å². The Kier molecular flexibility index (Phi) is 5.66. The van der Waals surface area contributed by atoms with Gasteiger partial charge in [-0.2, -0.15) is 0 Å². The number of rotatable bonds is 4. The Labute approximate surface area is 154 Å². The molecule has 2 heterocycles. The molecule has 1 atom stereocenters. The summed E-state index contributed by atoms with van der Waals surface area (Å²) >= 11 is 0. The van der Waals surface area contributed by atoms with Crippen LogP contribution in [0.2, 0.25) is 0 Å². The van der Waals surface area contributed by atoms with E-state index in [-0.39, 0.29) is 17.5 Å². The van der Waals surface area contributed by atoms with Crippen molar-refractivity contribution in [1.82, 2.24) is 15.2 Å². The highest BCUT2D eigenvalue weighted by atomic mass is 16.2. The summed E-state index contributed by atoms with van der Waals surface area (Å²) < 4.78 is 0. The number of aryl methyl sites for hydroxylation is 1. The summed E-state index contributed by atoms with van der Waals surface area (Å²) in [5, 5.41) is 2.87. The molecule has 136 valence electrons. The lowest BCUT2D eigenvalue weighted by Gasteiger charge is -2.31. The Morgan fingerprint density at radius 3 is 2.88 bits per heavy atom. The molecule has 0 aliphatic carbocycles. The lowest BCUT2D eigenvalue weighted by molar-refractivity contribution is 0.0683. The first-order valence-electron chi connectivity index (χ1n) is 9.12. The standard InChI is InChI=1S/C21H25N3O2/c1-15-5-3-7-17(11-15)13-23-20(25)19-12-18(8-9-22-19)21(26)24-10-4-6-16(2)14-24/h3,5,7-9,11-12,16H,4,6,10,13-14H2,1-2H3,(H,23,25). The van der Waals surface area contributed by atoms with Gasteiger partial charge in [-0.3, -0.25) is 14.6 Å². The molecule has 1 N–H and O–H groups in total. The molecule has 1 aliphatic rings. The minimum Gasteiger partial charge on any atom is -0.347 e. The van der Waals surface area contributed by atoms with Gasteiger partial charge in [-0.05, 0) is 43.4 Å². The third-order valence-corrected chi connectivity index (χ3v) is 4.72. The summed E-state index contributed by atoms with van der Waals surface area (Å²) in [4.78, 5) is 31.1. The van der Waals surface area contributed by atoms with Crippen LogP contribution in [0.5, 0.6) is 0 Å². The van der Waals surface area contributed by atoms with Crippen LogP contribution < -0.4 is 5.32 Å². The number of hydrogen-bond donors (Lipinski definition) is 1. The van der Waals surface area contributed by atoms with Crippen molar-refractivity contribution in [2.24, 2.45) is 5.92 Å². The van der Waals surface area contributed by atoms with E-state index in [1.54, 1.807) is 12.1 Å². The molecule has 1 saturated heterocycles. The van der Waals surface area contributed by atoms with Gasteiger partial charge in [0, 0.05) is 31.4 Å². The van der Waals surface area contributed by atoms with Gasteiger partial charge in [0.25, 0.3) is 11.8 Å². The van der Waals surface area contributed by atoms with E-state index in [0.717, 1.165) is 37.1 Å². The number of likely N-dealkylation sites (tertiary alicyclic amines) is 1. The highest BCUT2D eigenvalue weighted by Gasteiger charge is 2.22. The molecule has 2 aromatic rings. The van der Waals surface area contributed by atoms with Crippen molar-refractivity contribution in [3.8, 4) is 0 Å². The number of benzene rings is 1. The fraction of sp³-hybridized carbons (Fsp3) is 0.381. The van der Waals surface area contributed by atoms with Crippen molar-refractivity contribution in [3.63, 3.8) is 0 Å². The molecular formula is C21H25N3O2. The lowest BCUT2D eigenvalue weighted by atomic mass is 9.99. The molecule has 5 nitrogen and oxygen atoms in total. The average molecular weight is 351 g/mol. The van der Waals surface area contributed by atoms with Gasteiger partial charge >= 0.3 is 0 Å². The number of carbonyl (C=O) groups is 2. The van der Waals surface area contributed by atoms with Crippen LogP contribution in [0.25, 0.3) is 0 Å². The Morgan fingerprint density at radius 2 is 2.12 bits per heavy atom. The number of nitrogens with zero attached hydrogens (tertiary/aromatic N) is 2. The number of pyridine rings is 1. The Balaban J connectivity index is 1.66. The van der Waals surface area contributed by atoms with E-state index in [1.165, 1.54) is 6.20 Å². The van der Waals surface area contributed by atoms with E-state index in [9.17, 15) is 9.59 Å². The van der Waals surface area contributed by atoms with Gasteiger partial charge in [-0.25, -0.2) is 0 Å². The van der Waals surface area contributed by atoms with Gasteiger partial charge in [0.05, 0.1) is 0 Å². The van der Waals surface area contributed by atoms with E-state index in [4.69, 9.17) is 0 Å². The number of hydrogen-bond acceptors (Lipinski definition) is 3. The van der Waals surface area contributed by atoms with Crippen molar-refractivity contribution < 1.29 is 9.59 Å². The smallest absolute Gasteiger partial charge is 0.270 e. The minimum atomic E-state index is -0.270. The first-order valence-corrected chi connectivity index (χ1v) is 9.12. The van der Waals surface area contributed by atoms with Gasteiger partial charge < -0.3 is 10.2 Å². The van der Waals surface area contributed by atoms with Crippen molar-refractivity contribution >= 4 is 11.8 Å². The van der Waals surface area contributed by atoms with Crippen molar-refractivity contribution in [1.29, 1.82) is 0 Å². The van der Waals surface area contributed by atoms with Gasteiger partial charge in [-0.1, -0.05) is 36.8 Å². The summed E-state index contributed by atoms with van der Waals surface area (Å²) in [7, 11) is 0. The molecule has 0 bridgehead atoms. The normalized spacial score (nSPS) is 17.0. The zero-order valence-electron chi connectivity index (χ0n) is 15.4. The fourth-order valence-electron chi connectivity index (χ4n) is 3.34. The fourth-order valence-corrected chi connectivity index (χ4v) is 3.34. The molecule has 3 rings (SSSR count). The van der Waals surface area contributed by atoms with E-state index in [1.807, 2.05) is 36.1 Å². The molecule has 5 heteroatoms. The number of piperidine rings is 1. The van der Waals surface area contributed by atoms with Crippen LogP contribution in [0.15, 0.2) is 42.6 Å². The van der Waals surface area contributed by atoms with Gasteiger partial charge in [0.2, 0.25) is 0 Å². The predicted octanol–water partition coefficient (Wildman–Crippen LogP) is 3.19. The second kappa shape index (κ2) is 8.13. The highest BCUT2D eigenvalue weighted by molar-refractivity contribution is 5.98. The van der Waals surface area contributed by atoms with Crippen LogP contribution in [0.1, 0.15) is 51.7 Å². The summed E-state index contributed by atoms with van der Waals surface area (Å²) in [5.74, 6) is 0.228. The molecular weight excluding hydrogens is 326 g/mol. The van der Waals surface area contributed by atoms with Gasteiger partial charge in [0.15, 0.2) is 0 Å². The predicted molar refractivity (Wildman–Crippen MR) is 101 cm³/mol. The maximum Gasteiger partial charge on any atom is 0.270 e. The minimum absolute atomic E-state index is 0.0216. The first-order chi connectivity index (χ1) is 12.5. The third kappa shape index (κ3) is 4.48. The molecule has 0 spiro atoms. The largest absolute Gasteiger partial charge is 0.347 e. The third-order valence-electron chi connectivity index (χ3n) is 4.72. The summed E-state index contributed by atoms with van der Waals surface area (Å²) in [6.07, 6.45) is 3.72. The topological polar surface area (TPSA) is 62.3 Å². The van der Waals surface area contributed by atoms with Gasteiger partial charge in [-0.15, -0.1) is 0 Å². The van der Waals surface area contributed by atoms with Crippen molar-refractivity contribution in [2.45, 2.75) is 33.2 Å². The summed E-state index contributed by atoms with van der Waals surface area (Å²) in [5.41, 5.74) is 2.98. The number of aromatic nitrogens is 1. The van der Waals surface area contributed by atoms with Crippen LogP contribution in [-0.2, 0) is 6.54 Å². The molecule has 26 heavy (non-hydrogen) atoms. The Hall–Kier alpha value is -2.69. The monoisotopic (exact) mass is 351 g/mol. The lowest BCUT2D eigenvalue weighted by Crippen LogP contribution is -2.39. The van der Waals surface area contributed by atoms with Crippen LogP contribution in [0, 0.1) is 12.8 Å². The number of amides is 2. The molecule has 1 fully saturated rings. The highest BCUT2D eigenvalue weighted by Crippen LogP contribution is 2.18. The zero-order valence-corrected chi connectivity index (χ0v) is 15.4. The van der Waals surface area contributed by atoms with E-state index < -0.39 is 0 Å². The SMILES string of the molecule is Cc1cccc(CNC(=O)c2cc(C(=O)N3CCCC(C)C3)ccn2)c1. The second-order valence-electron chi connectivity index (χ2n) is 7.10. The van der Waals surface area contributed by atoms with E-state index >= 15 is 0 Å². The van der Waals surface area contributed by atoms with Crippen LogP contribution in [-0.4, -0.2) is 34.8 Å². The molecule has 1 unspecified atom stereocenters. The number of nitrogens with one attached hydrogen (secondary N) is 1.